The monoisotopic (exact) mass is 289 g/mol. The molecule has 2 aromatic rings. The summed E-state index contributed by atoms with van der Waals surface area (Å²) in [6.07, 6.45) is 0.522. The zero-order valence-electron chi connectivity index (χ0n) is 13.1. The van der Waals surface area contributed by atoms with Crippen molar-refractivity contribution in [3.63, 3.8) is 0 Å². The van der Waals surface area contributed by atoms with Crippen molar-refractivity contribution in [1.29, 1.82) is 0 Å². The van der Waals surface area contributed by atoms with Gasteiger partial charge in [0.15, 0.2) is 5.76 Å². The van der Waals surface area contributed by atoms with E-state index in [2.05, 4.69) is 5.32 Å². The lowest BCUT2D eigenvalue weighted by atomic mass is 9.85. The zero-order chi connectivity index (χ0) is 15.6. The number of rotatable bonds is 4. The molecule has 0 saturated heterocycles. The SMILES string of the molecule is Cc1ccc2oc(C(=O)NC(CCO)C(C)(C)C)cc2c1. The smallest absolute Gasteiger partial charge is 0.287 e. The maximum absolute atomic E-state index is 12.3. The Kier molecular flexibility index (Phi) is 4.37. The first-order valence-corrected chi connectivity index (χ1v) is 7.23. The van der Waals surface area contributed by atoms with Crippen molar-refractivity contribution in [2.75, 3.05) is 6.61 Å². The van der Waals surface area contributed by atoms with Crippen LogP contribution >= 0.6 is 0 Å². The Morgan fingerprint density at radius 1 is 1.33 bits per heavy atom. The first kappa shape index (κ1) is 15.6. The van der Waals surface area contributed by atoms with Crippen molar-refractivity contribution in [2.45, 2.75) is 40.2 Å². The summed E-state index contributed by atoms with van der Waals surface area (Å²) in [5, 5.41) is 13.0. The molecule has 2 rings (SSSR count). The first-order valence-electron chi connectivity index (χ1n) is 7.23. The summed E-state index contributed by atoms with van der Waals surface area (Å²) in [4.78, 5) is 12.3. The number of aliphatic hydroxyl groups excluding tert-OH is 1. The number of hydrogen-bond acceptors (Lipinski definition) is 3. The fraction of sp³-hybridized carbons (Fsp3) is 0.471. The number of aryl methyl sites for hydroxylation is 1. The van der Waals surface area contributed by atoms with E-state index < -0.39 is 0 Å². The number of aliphatic hydroxyl groups is 1. The second kappa shape index (κ2) is 5.90. The van der Waals surface area contributed by atoms with Gasteiger partial charge in [0, 0.05) is 18.0 Å². The van der Waals surface area contributed by atoms with Crippen LogP contribution in [0.1, 0.15) is 43.3 Å². The summed E-state index contributed by atoms with van der Waals surface area (Å²) in [7, 11) is 0. The first-order chi connectivity index (χ1) is 9.81. The minimum atomic E-state index is -0.239. The Morgan fingerprint density at radius 2 is 2.05 bits per heavy atom. The molecule has 0 fully saturated rings. The second-order valence-corrected chi connectivity index (χ2v) is 6.56. The van der Waals surface area contributed by atoms with Gasteiger partial charge in [0.05, 0.1) is 0 Å². The molecule has 1 unspecified atom stereocenters. The van der Waals surface area contributed by atoms with E-state index in [1.165, 1.54) is 0 Å². The van der Waals surface area contributed by atoms with Crippen LogP contribution in [0.4, 0.5) is 0 Å². The van der Waals surface area contributed by atoms with Gasteiger partial charge in [-0.3, -0.25) is 4.79 Å². The number of carbonyl (C=O) groups is 1. The zero-order valence-corrected chi connectivity index (χ0v) is 13.1. The third-order valence-electron chi connectivity index (χ3n) is 3.66. The molecule has 0 spiro atoms. The van der Waals surface area contributed by atoms with Crippen LogP contribution in [0.2, 0.25) is 0 Å². The minimum Gasteiger partial charge on any atom is -0.451 e. The van der Waals surface area contributed by atoms with Gasteiger partial charge in [-0.05, 0) is 37.0 Å². The standard InChI is InChI=1S/C17H23NO3/c1-11-5-6-13-12(9-11)10-14(21-13)16(20)18-15(7-8-19)17(2,3)4/h5-6,9-10,15,19H,7-8H2,1-4H3,(H,18,20). The lowest BCUT2D eigenvalue weighted by molar-refractivity contribution is 0.0859. The van der Waals surface area contributed by atoms with Gasteiger partial charge in [-0.1, -0.05) is 32.4 Å². The van der Waals surface area contributed by atoms with E-state index in [1.807, 2.05) is 45.9 Å². The van der Waals surface area contributed by atoms with Gasteiger partial charge in [0.1, 0.15) is 5.58 Å². The molecule has 2 N–H and O–H groups in total. The molecule has 0 aliphatic heterocycles. The number of fused-ring (bicyclic) bond motifs is 1. The van der Waals surface area contributed by atoms with Crippen LogP contribution in [-0.2, 0) is 0 Å². The highest BCUT2D eigenvalue weighted by Gasteiger charge is 2.27. The van der Waals surface area contributed by atoms with Crippen molar-refractivity contribution in [3.05, 3.63) is 35.6 Å². The van der Waals surface area contributed by atoms with E-state index in [4.69, 9.17) is 9.52 Å². The molecule has 1 heterocycles. The normalized spacial score (nSPS) is 13.4. The van der Waals surface area contributed by atoms with Crippen LogP contribution in [0.3, 0.4) is 0 Å². The summed E-state index contributed by atoms with van der Waals surface area (Å²) in [6.45, 7) is 8.16. The maximum atomic E-state index is 12.3. The molecule has 1 aromatic heterocycles. The molecule has 0 radical (unpaired) electrons. The van der Waals surface area contributed by atoms with Crippen LogP contribution in [-0.4, -0.2) is 23.7 Å². The fourth-order valence-electron chi connectivity index (χ4n) is 2.35. The number of amides is 1. The van der Waals surface area contributed by atoms with E-state index >= 15 is 0 Å². The number of furan rings is 1. The maximum Gasteiger partial charge on any atom is 0.287 e. The van der Waals surface area contributed by atoms with Crippen LogP contribution in [0.25, 0.3) is 11.0 Å². The summed E-state index contributed by atoms with van der Waals surface area (Å²) < 4.78 is 5.60. The second-order valence-electron chi connectivity index (χ2n) is 6.56. The Hall–Kier alpha value is -1.81. The Labute approximate surface area is 125 Å². The molecule has 0 aliphatic carbocycles. The van der Waals surface area contributed by atoms with Crippen LogP contribution in [0.5, 0.6) is 0 Å². The van der Waals surface area contributed by atoms with Gasteiger partial charge in [0.25, 0.3) is 5.91 Å². The van der Waals surface area contributed by atoms with Crippen molar-refractivity contribution in [1.82, 2.24) is 5.32 Å². The fourth-order valence-corrected chi connectivity index (χ4v) is 2.35. The summed E-state index contributed by atoms with van der Waals surface area (Å²) >= 11 is 0. The minimum absolute atomic E-state index is 0.0432. The molecule has 1 atom stereocenters. The van der Waals surface area contributed by atoms with Gasteiger partial charge >= 0.3 is 0 Å². The molecule has 4 heteroatoms. The molecule has 1 aromatic carbocycles. The highest BCUT2D eigenvalue weighted by Crippen LogP contribution is 2.24. The average molecular weight is 289 g/mol. The van der Waals surface area contributed by atoms with E-state index in [9.17, 15) is 4.79 Å². The van der Waals surface area contributed by atoms with Crippen LogP contribution in [0.15, 0.2) is 28.7 Å². The van der Waals surface area contributed by atoms with Gasteiger partial charge in [-0.15, -0.1) is 0 Å². The molecule has 0 bridgehead atoms. The Morgan fingerprint density at radius 3 is 2.67 bits per heavy atom. The number of hydrogen-bond donors (Lipinski definition) is 2. The highest BCUT2D eigenvalue weighted by atomic mass is 16.3. The Balaban J connectivity index is 2.21. The predicted molar refractivity (Wildman–Crippen MR) is 83.4 cm³/mol. The molecule has 0 aliphatic rings. The van der Waals surface area contributed by atoms with Crippen molar-refractivity contribution < 1.29 is 14.3 Å². The van der Waals surface area contributed by atoms with Gasteiger partial charge in [-0.2, -0.15) is 0 Å². The van der Waals surface area contributed by atoms with Crippen LogP contribution < -0.4 is 5.32 Å². The molecular formula is C17H23NO3. The quantitative estimate of drug-likeness (QED) is 0.908. The van der Waals surface area contributed by atoms with Crippen molar-refractivity contribution in [2.24, 2.45) is 5.41 Å². The van der Waals surface area contributed by atoms with E-state index in [1.54, 1.807) is 6.07 Å². The topological polar surface area (TPSA) is 62.5 Å². The number of nitrogens with one attached hydrogen (secondary N) is 1. The van der Waals surface area contributed by atoms with Gasteiger partial charge in [-0.25, -0.2) is 0 Å². The van der Waals surface area contributed by atoms with Crippen LogP contribution in [0, 0.1) is 12.3 Å². The lowest BCUT2D eigenvalue weighted by Gasteiger charge is -2.30. The summed E-state index contributed by atoms with van der Waals surface area (Å²) in [6, 6.07) is 7.47. The molecule has 0 saturated carbocycles. The average Bonchev–Trinajstić information content (AvgIpc) is 2.80. The van der Waals surface area contributed by atoms with E-state index in [0.717, 1.165) is 10.9 Å². The largest absolute Gasteiger partial charge is 0.451 e. The van der Waals surface area contributed by atoms with Gasteiger partial charge < -0.3 is 14.8 Å². The Bertz CT molecular complexity index is 637. The van der Waals surface area contributed by atoms with Crippen molar-refractivity contribution in [3.8, 4) is 0 Å². The van der Waals surface area contributed by atoms with E-state index in [-0.39, 0.29) is 24.0 Å². The van der Waals surface area contributed by atoms with Gasteiger partial charge in [0.2, 0.25) is 0 Å². The predicted octanol–water partition coefficient (Wildman–Crippen LogP) is 3.27. The molecule has 4 nitrogen and oxygen atoms in total. The molecule has 21 heavy (non-hydrogen) atoms. The third-order valence-corrected chi connectivity index (χ3v) is 3.66. The molecule has 1 amide bonds. The lowest BCUT2D eigenvalue weighted by Crippen LogP contribution is -2.44. The molecule has 114 valence electrons. The van der Waals surface area contributed by atoms with E-state index in [0.29, 0.717) is 17.8 Å². The molecular weight excluding hydrogens is 266 g/mol. The highest BCUT2D eigenvalue weighted by molar-refractivity contribution is 5.96. The summed E-state index contributed by atoms with van der Waals surface area (Å²) in [5.74, 6) is 0.0695. The van der Waals surface area contributed by atoms with Crippen molar-refractivity contribution >= 4 is 16.9 Å². The number of carbonyl (C=O) groups excluding carboxylic acids is 1. The third kappa shape index (κ3) is 3.64. The number of benzene rings is 1. The summed E-state index contributed by atoms with van der Waals surface area (Å²) in [5.41, 5.74) is 1.71.